The molecule has 0 aromatic heterocycles. The van der Waals surface area contributed by atoms with Gasteiger partial charge in [0.15, 0.2) is 0 Å². The Balaban J connectivity index is 3.13. The van der Waals surface area contributed by atoms with Gasteiger partial charge in [0.25, 0.3) is 0 Å². The van der Waals surface area contributed by atoms with Crippen LogP contribution in [0.4, 0.5) is 0 Å². The summed E-state index contributed by atoms with van der Waals surface area (Å²) in [6, 6.07) is 8.26. The van der Waals surface area contributed by atoms with E-state index in [0.29, 0.717) is 11.5 Å². The van der Waals surface area contributed by atoms with Gasteiger partial charge in [0, 0.05) is 0 Å². The largest absolute Gasteiger partial charge is 0.488 e. The molecule has 0 saturated heterocycles. The van der Waals surface area contributed by atoms with E-state index in [1.54, 1.807) is 0 Å². The predicted octanol–water partition coefficient (Wildman–Crippen LogP) is 5.26. The summed E-state index contributed by atoms with van der Waals surface area (Å²) in [5.41, 5.74) is 1.36. The molecule has 2 nitrogen and oxygen atoms in total. The van der Waals surface area contributed by atoms with E-state index in [-0.39, 0.29) is 0 Å². The highest BCUT2D eigenvalue weighted by Gasteiger charge is 2.27. The normalized spacial score (nSPS) is 11.9. The molecule has 0 aliphatic rings. The SMILES string of the molecule is C=C(C)OC(C)(C)c1cccc(C(C)(C)OC(=C)C)c1. The summed E-state index contributed by atoms with van der Waals surface area (Å²) in [6.07, 6.45) is 0. The molecular formula is C18H26O2. The van der Waals surface area contributed by atoms with Crippen LogP contribution in [0.25, 0.3) is 0 Å². The van der Waals surface area contributed by atoms with E-state index in [1.807, 2.05) is 47.6 Å². The van der Waals surface area contributed by atoms with E-state index in [4.69, 9.17) is 9.47 Å². The summed E-state index contributed by atoms with van der Waals surface area (Å²) >= 11 is 0. The van der Waals surface area contributed by atoms with Crippen LogP contribution in [0.15, 0.2) is 48.9 Å². The van der Waals surface area contributed by atoms with Crippen LogP contribution < -0.4 is 0 Å². The third kappa shape index (κ3) is 4.16. The molecule has 0 bridgehead atoms. The molecule has 0 heterocycles. The monoisotopic (exact) mass is 274 g/mol. The molecule has 0 atom stereocenters. The van der Waals surface area contributed by atoms with Crippen LogP contribution in [0, 0.1) is 0 Å². The van der Waals surface area contributed by atoms with Gasteiger partial charge in [-0.1, -0.05) is 31.4 Å². The third-order valence-electron chi connectivity index (χ3n) is 3.11. The minimum absolute atomic E-state index is 0.416. The van der Waals surface area contributed by atoms with Crippen molar-refractivity contribution in [1.82, 2.24) is 0 Å². The van der Waals surface area contributed by atoms with Crippen molar-refractivity contribution in [3.63, 3.8) is 0 Å². The summed E-state index contributed by atoms with van der Waals surface area (Å²) in [5, 5.41) is 0. The van der Waals surface area contributed by atoms with Crippen molar-refractivity contribution >= 4 is 0 Å². The zero-order chi connectivity index (χ0) is 15.6. The maximum absolute atomic E-state index is 5.82. The Bertz CT molecular complexity index is 467. The lowest BCUT2D eigenvalue weighted by molar-refractivity contribution is 0.0279. The number of allylic oxidation sites excluding steroid dienone is 2. The molecule has 0 aliphatic heterocycles. The second kappa shape index (κ2) is 5.74. The molecule has 0 saturated carbocycles. The zero-order valence-electron chi connectivity index (χ0n) is 13.5. The lowest BCUT2D eigenvalue weighted by Gasteiger charge is -2.31. The van der Waals surface area contributed by atoms with Crippen molar-refractivity contribution in [2.45, 2.75) is 52.7 Å². The summed E-state index contributed by atoms with van der Waals surface area (Å²) in [5.74, 6) is 1.41. The van der Waals surface area contributed by atoms with Gasteiger partial charge in [0.1, 0.15) is 11.2 Å². The highest BCUT2D eigenvalue weighted by Crippen LogP contribution is 2.32. The molecule has 0 amide bonds. The van der Waals surface area contributed by atoms with Crippen LogP contribution in [0.3, 0.4) is 0 Å². The fourth-order valence-corrected chi connectivity index (χ4v) is 2.26. The van der Waals surface area contributed by atoms with Crippen molar-refractivity contribution in [3.8, 4) is 0 Å². The van der Waals surface area contributed by atoms with Crippen LogP contribution in [-0.4, -0.2) is 0 Å². The topological polar surface area (TPSA) is 18.5 Å². The van der Waals surface area contributed by atoms with E-state index in [1.165, 1.54) is 0 Å². The van der Waals surface area contributed by atoms with Gasteiger partial charge in [0.2, 0.25) is 0 Å². The molecule has 0 fully saturated rings. The van der Waals surface area contributed by atoms with Gasteiger partial charge in [-0.2, -0.15) is 0 Å². The molecule has 0 N–H and O–H groups in total. The minimum atomic E-state index is -0.416. The van der Waals surface area contributed by atoms with Gasteiger partial charge in [-0.3, -0.25) is 0 Å². The lowest BCUT2D eigenvalue weighted by Crippen LogP contribution is -2.24. The maximum Gasteiger partial charge on any atom is 0.128 e. The summed E-state index contributed by atoms with van der Waals surface area (Å²) in [7, 11) is 0. The minimum Gasteiger partial charge on any atom is -0.488 e. The van der Waals surface area contributed by atoms with Crippen molar-refractivity contribution in [1.29, 1.82) is 0 Å². The van der Waals surface area contributed by atoms with Gasteiger partial charge in [0.05, 0.1) is 11.5 Å². The number of ether oxygens (including phenoxy) is 2. The quantitative estimate of drug-likeness (QED) is 0.659. The van der Waals surface area contributed by atoms with E-state index in [9.17, 15) is 0 Å². The first-order valence-electron chi connectivity index (χ1n) is 6.84. The number of hydrogen-bond acceptors (Lipinski definition) is 2. The molecule has 1 rings (SSSR count). The first kappa shape index (κ1) is 16.4. The molecular weight excluding hydrogens is 248 g/mol. The van der Waals surface area contributed by atoms with Gasteiger partial charge in [-0.15, -0.1) is 0 Å². The Morgan fingerprint density at radius 1 is 0.850 bits per heavy atom. The molecule has 0 spiro atoms. The molecule has 1 aromatic rings. The molecule has 0 unspecified atom stereocenters. The smallest absolute Gasteiger partial charge is 0.128 e. The lowest BCUT2D eigenvalue weighted by atomic mass is 9.90. The van der Waals surface area contributed by atoms with Crippen LogP contribution in [0.2, 0.25) is 0 Å². The van der Waals surface area contributed by atoms with Gasteiger partial charge in [-0.25, -0.2) is 0 Å². The standard InChI is InChI=1S/C18H26O2/c1-13(2)19-17(5,6)15-10-9-11-16(12-15)18(7,8)20-14(3)4/h9-12H,1,3H2,2,4-8H3. The molecule has 0 aliphatic carbocycles. The van der Waals surface area contributed by atoms with Gasteiger partial charge >= 0.3 is 0 Å². The van der Waals surface area contributed by atoms with Crippen LogP contribution in [0.5, 0.6) is 0 Å². The maximum atomic E-state index is 5.82. The van der Waals surface area contributed by atoms with E-state index in [0.717, 1.165) is 11.1 Å². The Kier molecular flexibility index (Phi) is 4.69. The first-order valence-corrected chi connectivity index (χ1v) is 6.84. The average Bonchev–Trinajstić information content (AvgIpc) is 2.25. The summed E-state index contributed by atoms with van der Waals surface area (Å²) in [6.45, 7) is 19.5. The number of benzene rings is 1. The molecule has 110 valence electrons. The van der Waals surface area contributed by atoms with E-state index >= 15 is 0 Å². The third-order valence-corrected chi connectivity index (χ3v) is 3.11. The van der Waals surface area contributed by atoms with Crippen LogP contribution >= 0.6 is 0 Å². The van der Waals surface area contributed by atoms with Crippen LogP contribution in [0.1, 0.15) is 52.7 Å². The Morgan fingerprint density at radius 3 is 1.50 bits per heavy atom. The fraction of sp³-hybridized carbons (Fsp3) is 0.444. The molecule has 20 heavy (non-hydrogen) atoms. The van der Waals surface area contributed by atoms with Crippen molar-refractivity contribution in [2.24, 2.45) is 0 Å². The Hall–Kier alpha value is -1.70. The first-order chi connectivity index (χ1) is 9.04. The average molecular weight is 274 g/mol. The second-order valence-electron chi connectivity index (χ2n) is 6.21. The predicted molar refractivity (Wildman–Crippen MR) is 84.3 cm³/mol. The Morgan fingerprint density at radius 2 is 1.20 bits per heavy atom. The van der Waals surface area contributed by atoms with Gasteiger partial charge in [-0.05, 0) is 58.7 Å². The highest BCUT2D eigenvalue weighted by atomic mass is 16.5. The zero-order valence-corrected chi connectivity index (χ0v) is 13.5. The molecule has 0 radical (unpaired) electrons. The van der Waals surface area contributed by atoms with Crippen molar-refractivity contribution < 1.29 is 9.47 Å². The molecule has 1 aromatic carbocycles. The van der Waals surface area contributed by atoms with Gasteiger partial charge < -0.3 is 9.47 Å². The highest BCUT2D eigenvalue weighted by molar-refractivity contribution is 5.31. The second-order valence-corrected chi connectivity index (χ2v) is 6.21. The summed E-state index contributed by atoms with van der Waals surface area (Å²) in [4.78, 5) is 0. The van der Waals surface area contributed by atoms with Crippen molar-refractivity contribution in [3.05, 3.63) is 60.1 Å². The number of rotatable bonds is 6. The fourth-order valence-electron chi connectivity index (χ4n) is 2.26. The van der Waals surface area contributed by atoms with E-state index in [2.05, 4.69) is 31.4 Å². The number of hydrogen-bond donors (Lipinski definition) is 0. The van der Waals surface area contributed by atoms with E-state index < -0.39 is 11.2 Å². The van der Waals surface area contributed by atoms with Crippen LogP contribution in [-0.2, 0) is 20.7 Å². The summed E-state index contributed by atoms with van der Waals surface area (Å²) < 4.78 is 11.6. The van der Waals surface area contributed by atoms with Crippen molar-refractivity contribution in [2.75, 3.05) is 0 Å². The Labute approximate surface area is 123 Å². The molecule has 2 heteroatoms.